The average molecular weight is 637 g/mol. The Morgan fingerprint density at radius 1 is 1.10 bits per heavy atom. The quantitative estimate of drug-likeness (QED) is 0.161. The summed E-state index contributed by atoms with van der Waals surface area (Å²) in [5.74, 6) is 0.257. The Bertz CT molecular complexity index is 1740. The van der Waals surface area contributed by atoms with E-state index in [0.29, 0.717) is 34.8 Å². The molecule has 0 radical (unpaired) electrons. The Morgan fingerprint density at radius 2 is 1.88 bits per heavy atom. The maximum absolute atomic E-state index is 13.4. The second-order valence-corrected chi connectivity index (χ2v) is 12.4. The first-order chi connectivity index (χ1) is 19.5. The maximum atomic E-state index is 13.4. The molecule has 0 aromatic carbocycles. The van der Waals surface area contributed by atoms with Crippen molar-refractivity contribution in [1.29, 1.82) is 0 Å². The zero-order valence-electron chi connectivity index (χ0n) is 22.0. The molecule has 1 aliphatic carbocycles. The summed E-state index contributed by atoms with van der Waals surface area (Å²) in [6.45, 7) is 2.68. The number of aromatic nitrogens is 8. The Hall–Kier alpha value is -3.71. The number of nitrogens with zero attached hydrogens (tertiary/aromatic N) is 8. The van der Waals surface area contributed by atoms with Crippen molar-refractivity contribution in [1.82, 2.24) is 39.3 Å². The minimum atomic E-state index is -4.54. The van der Waals surface area contributed by atoms with Crippen LogP contribution in [0, 0.1) is 6.92 Å². The summed E-state index contributed by atoms with van der Waals surface area (Å²) in [6, 6.07) is 3.47. The van der Waals surface area contributed by atoms with Gasteiger partial charge in [0, 0.05) is 0 Å². The number of imidazole rings is 1. The van der Waals surface area contributed by atoms with Crippen LogP contribution < -0.4 is 4.74 Å². The van der Waals surface area contributed by atoms with Gasteiger partial charge in [-0.2, -0.15) is 0 Å². The summed E-state index contributed by atoms with van der Waals surface area (Å²) in [4.78, 5) is 21.3. The van der Waals surface area contributed by atoms with Gasteiger partial charge < -0.3 is 0 Å². The number of halogens is 5. The molecule has 0 unspecified atom stereocenters. The van der Waals surface area contributed by atoms with E-state index in [2.05, 4.69) is 25.0 Å². The van der Waals surface area contributed by atoms with Gasteiger partial charge in [0.15, 0.2) is 0 Å². The molecule has 0 saturated heterocycles. The van der Waals surface area contributed by atoms with E-state index in [1.54, 1.807) is 21.5 Å². The molecule has 9 nitrogen and oxygen atoms in total. The molecular weight excluding hydrogens is 614 g/mol. The second kappa shape index (κ2) is 10.3. The molecule has 41 heavy (non-hydrogen) atoms. The number of ether oxygens (including phenoxy) is 1. The second-order valence-electron chi connectivity index (χ2n) is 9.98. The SMILES string of the molecule is Cc1nn(Cc2ccc(-c3nc(C(F)(F)F)cn3C(C)C)[se]2)c2nc(-c3c(OC(F)F)ncnc3C3CC3)ncc12. The van der Waals surface area contributed by atoms with Gasteiger partial charge in [0.2, 0.25) is 0 Å². The molecule has 5 aromatic rings. The van der Waals surface area contributed by atoms with Crippen LogP contribution in [0.25, 0.3) is 32.7 Å². The Labute approximate surface area is 236 Å². The molecule has 0 bridgehead atoms. The van der Waals surface area contributed by atoms with E-state index >= 15 is 0 Å². The first kappa shape index (κ1) is 27.5. The summed E-state index contributed by atoms with van der Waals surface area (Å²) >= 11 is -0.312. The first-order valence-electron chi connectivity index (χ1n) is 12.7. The molecule has 5 heterocycles. The third-order valence-electron chi connectivity index (χ3n) is 6.67. The third-order valence-corrected chi connectivity index (χ3v) is 8.91. The van der Waals surface area contributed by atoms with Crippen LogP contribution in [-0.2, 0) is 12.7 Å². The molecular formula is C26H23F5N8OSe. The van der Waals surface area contributed by atoms with Gasteiger partial charge in [0.05, 0.1) is 0 Å². The molecule has 1 saturated carbocycles. The molecule has 15 heteroatoms. The fraction of sp³-hybridized carbons (Fsp3) is 0.385. The predicted molar refractivity (Wildman–Crippen MR) is 139 cm³/mol. The molecule has 0 N–H and O–H groups in total. The Balaban J connectivity index is 1.38. The topological polar surface area (TPSA) is 96.4 Å². The van der Waals surface area contributed by atoms with E-state index in [0.717, 1.165) is 27.9 Å². The van der Waals surface area contributed by atoms with Crippen molar-refractivity contribution in [3.8, 4) is 27.5 Å². The van der Waals surface area contributed by atoms with E-state index in [-0.39, 0.29) is 43.7 Å². The van der Waals surface area contributed by atoms with Crippen molar-refractivity contribution in [2.75, 3.05) is 0 Å². The number of alkyl halides is 5. The van der Waals surface area contributed by atoms with Crippen molar-refractivity contribution in [3.05, 3.63) is 52.4 Å². The molecule has 1 aliphatic rings. The molecule has 6 rings (SSSR count). The molecule has 1 fully saturated rings. The van der Waals surface area contributed by atoms with Crippen molar-refractivity contribution in [3.63, 3.8) is 0 Å². The van der Waals surface area contributed by atoms with Gasteiger partial charge in [-0.25, -0.2) is 0 Å². The molecule has 0 amide bonds. The third kappa shape index (κ3) is 5.35. The van der Waals surface area contributed by atoms with E-state index in [1.807, 2.05) is 26.8 Å². The summed E-state index contributed by atoms with van der Waals surface area (Å²) in [5.41, 5.74) is 1.03. The zero-order chi connectivity index (χ0) is 29.1. The standard InChI is InChI=1S/C26H23F5N8OSe/c1-12(2)38-10-18(26(29,30)31)35-23(38)17-7-6-15(41-17)9-39-22-16(13(3)37-39)8-32-21(36-22)19-20(14-4-5-14)33-11-34-24(19)40-25(27)28/h6-8,10-12,14,25H,4-5,9H2,1-3H3. The van der Waals surface area contributed by atoms with E-state index in [1.165, 1.54) is 6.33 Å². The number of aryl methyl sites for hydroxylation is 1. The van der Waals surface area contributed by atoms with Crippen LogP contribution in [0.3, 0.4) is 0 Å². The summed E-state index contributed by atoms with van der Waals surface area (Å²) in [7, 11) is 0. The van der Waals surface area contributed by atoms with Gasteiger partial charge in [0.1, 0.15) is 0 Å². The number of hydrogen-bond acceptors (Lipinski definition) is 7. The molecule has 214 valence electrons. The van der Waals surface area contributed by atoms with Gasteiger partial charge in [0.25, 0.3) is 0 Å². The van der Waals surface area contributed by atoms with Crippen molar-refractivity contribution >= 4 is 25.5 Å². The Kier molecular flexibility index (Phi) is 6.89. The van der Waals surface area contributed by atoms with Crippen LogP contribution in [0.15, 0.2) is 30.9 Å². The number of hydrogen-bond donors (Lipinski definition) is 0. The zero-order valence-corrected chi connectivity index (χ0v) is 23.7. The Morgan fingerprint density at radius 3 is 2.56 bits per heavy atom. The molecule has 0 spiro atoms. The van der Waals surface area contributed by atoms with Crippen LogP contribution in [0.1, 0.15) is 60.2 Å². The molecule has 0 aliphatic heterocycles. The normalized spacial score (nSPS) is 14.1. The number of rotatable bonds is 8. The van der Waals surface area contributed by atoms with Crippen LogP contribution in [0.2, 0.25) is 0 Å². The minimum absolute atomic E-state index is 0.0889. The van der Waals surface area contributed by atoms with Gasteiger partial charge in [-0.3, -0.25) is 0 Å². The fourth-order valence-corrected chi connectivity index (χ4v) is 6.67. The van der Waals surface area contributed by atoms with Crippen molar-refractivity contribution in [2.24, 2.45) is 0 Å². The van der Waals surface area contributed by atoms with Crippen molar-refractivity contribution < 1.29 is 26.7 Å². The van der Waals surface area contributed by atoms with E-state index in [9.17, 15) is 22.0 Å². The predicted octanol–water partition coefficient (Wildman–Crippen LogP) is 5.64. The van der Waals surface area contributed by atoms with Crippen molar-refractivity contribution in [2.45, 2.75) is 64.9 Å². The van der Waals surface area contributed by atoms with Crippen LogP contribution in [-0.4, -0.2) is 60.4 Å². The van der Waals surface area contributed by atoms with Crippen LogP contribution in [0.4, 0.5) is 22.0 Å². The first-order valence-corrected chi connectivity index (χ1v) is 14.5. The average Bonchev–Trinajstić information content (AvgIpc) is 3.33. The van der Waals surface area contributed by atoms with Gasteiger partial charge >= 0.3 is 236 Å². The van der Waals surface area contributed by atoms with Gasteiger partial charge in [-0.05, 0) is 0 Å². The monoisotopic (exact) mass is 638 g/mol. The summed E-state index contributed by atoms with van der Waals surface area (Å²) in [5, 5.41) is 5.30. The van der Waals surface area contributed by atoms with Gasteiger partial charge in [-0.1, -0.05) is 0 Å². The van der Waals surface area contributed by atoms with E-state index in [4.69, 9.17) is 9.72 Å². The fourth-order valence-electron chi connectivity index (χ4n) is 4.61. The van der Waals surface area contributed by atoms with E-state index < -0.39 is 18.5 Å². The van der Waals surface area contributed by atoms with Crippen LogP contribution in [0.5, 0.6) is 5.88 Å². The molecule has 5 aromatic heterocycles. The van der Waals surface area contributed by atoms with Gasteiger partial charge in [-0.15, -0.1) is 0 Å². The molecule has 0 atom stereocenters. The summed E-state index contributed by atoms with van der Waals surface area (Å²) < 4.78 is 76.1. The summed E-state index contributed by atoms with van der Waals surface area (Å²) in [6.07, 6.45) is 1.02. The number of fused-ring (bicyclic) bond motifs is 1. The van der Waals surface area contributed by atoms with Crippen LogP contribution >= 0.6 is 0 Å².